The third kappa shape index (κ3) is 4.34. The SMILES string of the molecule is CCOC(=O)/C=C(\C)N1N=C(c2ccc(F)cc2)C[C@@H]1c1cc(Cl)ccc1O. The highest BCUT2D eigenvalue weighted by Crippen LogP contribution is 2.40. The van der Waals surface area contributed by atoms with E-state index in [1.165, 1.54) is 24.3 Å². The van der Waals surface area contributed by atoms with E-state index >= 15 is 0 Å². The summed E-state index contributed by atoms with van der Waals surface area (Å²) in [6.07, 6.45) is 1.81. The number of esters is 1. The molecule has 0 aliphatic carbocycles. The second-order valence-corrected chi connectivity index (χ2v) is 6.80. The Hall–Kier alpha value is -2.86. The van der Waals surface area contributed by atoms with Gasteiger partial charge in [0, 0.05) is 28.8 Å². The summed E-state index contributed by atoms with van der Waals surface area (Å²) in [6, 6.07) is 10.5. The Labute approximate surface area is 167 Å². The number of phenols is 1. The van der Waals surface area contributed by atoms with Crippen molar-refractivity contribution in [3.63, 3.8) is 0 Å². The van der Waals surface area contributed by atoms with Gasteiger partial charge in [-0.05, 0) is 49.7 Å². The van der Waals surface area contributed by atoms with Crippen molar-refractivity contribution >= 4 is 23.3 Å². The first kappa shape index (κ1) is 19.9. The first-order valence-corrected chi connectivity index (χ1v) is 9.23. The van der Waals surface area contributed by atoms with Crippen molar-refractivity contribution in [1.82, 2.24) is 5.01 Å². The molecule has 7 heteroatoms. The van der Waals surface area contributed by atoms with Crippen LogP contribution in [0.3, 0.4) is 0 Å². The minimum Gasteiger partial charge on any atom is -0.508 e. The molecule has 0 bridgehead atoms. The summed E-state index contributed by atoms with van der Waals surface area (Å²) in [4.78, 5) is 11.9. The summed E-state index contributed by atoms with van der Waals surface area (Å²) in [5, 5.41) is 17.1. The highest BCUT2D eigenvalue weighted by atomic mass is 35.5. The maximum atomic E-state index is 13.3. The fraction of sp³-hybridized carbons (Fsp3) is 0.238. The second kappa shape index (κ2) is 8.44. The van der Waals surface area contributed by atoms with E-state index in [4.69, 9.17) is 16.3 Å². The van der Waals surface area contributed by atoms with Crippen molar-refractivity contribution in [2.24, 2.45) is 5.10 Å². The van der Waals surface area contributed by atoms with Gasteiger partial charge in [0.25, 0.3) is 0 Å². The van der Waals surface area contributed by atoms with Gasteiger partial charge in [-0.15, -0.1) is 0 Å². The number of allylic oxidation sites excluding steroid dienone is 1. The van der Waals surface area contributed by atoms with E-state index in [0.717, 1.165) is 5.56 Å². The van der Waals surface area contributed by atoms with Crippen LogP contribution in [0.5, 0.6) is 5.75 Å². The molecule has 146 valence electrons. The molecule has 5 nitrogen and oxygen atoms in total. The normalized spacial score (nSPS) is 16.9. The molecule has 3 rings (SSSR count). The number of carbonyl (C=O) groups excluding carboxylic acids is 1. The van der Waals surface area contributed by atoms with Gasteiger partial charge in [0.1, 0.15) is 11.6 Å². The summed E-state index contributed by atoms with van der Waals surface area (Å²) < 4.78 is 18.3. The number of hydrazone groups is 1. The van der Waals surface area contributed by atoms with Gasteiger partial charge in [-0.2, -0.15) is 5.10 Å². The van der Waals surface area contributed by atoms with Gasteiger partial charge in [0.15, 0.2) is 0 Å². The molecule has 2 aromatic carbocycles. The molecule has 0 unspecified atom stereocenters. The van der Waals surface area contributed by atoms with Crippen LogP contribution in [-0.4, -0.2) is 28.4 Å². The predicted octanol–water partition coefficient (Wildman–Crippen LogP) is 4.80. The average molecular weight is 403 g/mol. The van der Waals surface area contributed by atoms with E-state index in [1.54, 1.807) is 43.1 Å². The highest BCUT2D eigenvalue weighted by molar-refractivity contribution is 6.30. The lowest BCUT2D eigenvalue weighted by molar-refractivity contribution is -0.137. The van der Waals surface area contributed by atoms with Gasteiger partial charge in [-0.3, -0.25) is 5.01 Å². The lowest BCUT2D eigenvalue weighted by Crippen LogP contribution is -2.19. The second-order valence-electron chi connectivity index (χ2n) is 6.36. The number of carbonyl (C=O) groups is 1. The van der Waals surface area contributed by atoms with Crippen LogP contribution in [0.4, 0.5) is 4.39 Å². The zero-order chi connectivity index (χ0) is 20.3. The maximum absolute atomic E-state index is 13.3. The molecule has 1 N–H and O–H groups in total. The molecule has 1 atom stereocenters. The fourth-order valence-corrected chi connectivity index (χ4v) is 3.29. The van der Waals surface area contributed by atoms with E-state index in [1.807, 2.05) is 0 Å². The fourth-order valence-electron chi connectivity index (χ4n) is 3.11. The average Bonchev–Trinajstić information content (AvgIpc) is 3.09. The Morgan fingerprint density at radius 1 is 1.36 bits per heavy atom. The van der Waals surface area contributed by atoms with Crippen LogP contribution in [-0.2, 0) is 9.53 Å². The molecule has 1 heterocycles. The van der Waals surface area contributed by atoms with Crippen LogP contribution in [0.15, 0.2) is 59.3 Å². The van der Waals surface area contributed by atoms with E-state index in [9.17, 15) is 14.3 Å². The lowest BCUT2D eigenvalue weighted by Gasteiger charge is -2.25. The zero-order valence-corrected chi connectivity index (χ0v) is 16.3. The molecule has 0 radical (unpaired) electrons. The standard InChI is InChI=1S/C21H20ClFN2O3/c1-3-28-21(27)10-13(2)25-19(17-11-15(22)6-9-20(17)26)12-18(24-25)14-4-7-16(23)8-5-14/h4-11,19,26H,3,12H2,1-2H3/b13-10+/t19-/m1/s1. The van der Waals surface area contributed by atoms with Crippen LogP contribution in [0.2, 0.25) is 5.02 Å². The molecule has 2 aromatic rings. The Bertz CT molecular complexity index is 941. The van der Waals surface area contributed by atoms with Crippen molar-refractivity contribution in [3.8, 4) is 5.75 Å². The van der Waals surface area contributed by atoms with Crippen molar-refractivity contribution in [1.29, 1.82) is 0 Å². The zero-order valence-electron chi connectivity index (χ0n) is 15.5. The summed E-state index contributed by atoms with van der Waals surface area (Å²) in [5.74, 6) is -0.722. The Balaban J connectivity index is 2.01. The quantitative estimate of drug-likeness (QED) is 0.576. The third-order valence-electron chi connectivity index (χ3n) is 4.41. The number of rotatable bonds is 5. The molecule has 28 heavy (non-hydrogen) atoms. The minimum atomic E-state index is -0.473. The summed E-state index contributed by atoms with van der Waals surface area (Å²) in [5.41, 5.74) is 2.62. The number of phenolic OH excluding ortho intramolecular Hbond substituents is 1. The molecular formula is C21H20ClFN2O3. The van der Waals surface area contributed by atoms with Crippen molar-refractivity contribution < 1.29 is 19.0 Å². The highest BCUT2D eigenvalue weighted by Gasteiger charge is 2.32. The van der Waals surface area contributed by atoms with E-state index in [-0.39, 0.29) is 24.2 Å². The number of aromatic hydroxyl groups is 1. The lowest BCUT2D eigenvalue weighted by atomic mass is 9.97. The first-order valence-electron chi connectivity index (χ1n) is 8.85. The summed E-state index contributed by atoms with van der Waals surface area (Å²) in [6.45, 7) is 3.74. The largest absolute Gasteiger partial charge is 0.508 e. The van der Waals surface area contributed by atoms with Crippen molar-refractivity contribution in [2.45, 2.75) is 26.3 Å². The number of ether oxygens (including phenoxy) is 1. The monoisotopic (exact) mass is 402 g/mol. The predicted molar refractivity (Wildman–Crippen MR) is 106 cm³/mol. The molecule has 0 fully saturated rings. The maximum Gasteiger partial charge on any atom is 0.332 e. The van der Waals surface area contributed by atoms with Crippen LogP contribution >= 0.6 is 11.6 Å². The molecule has 0 spiro atoms. The summed E-state index contributed by atoms with van der Waals surface area (Å²) in [7, 11) is 0. The molecule has 0 saturated heterocycles. The minimum absolute atomic E-state index is 0.0823. The first-order chi connectivity index (χ1) is 13.4. The van der Waals surface area contributed by atoms with Crippen molar-refractivity contribution in [2.75, 3.05) is 6.61 Å². The molecule has 0 amide bonds. The molecule has 1 aliphatic rings. The van der Waals surface area contributed by atoms with Crippen LogP contribution < -0.4 is 0 Å². The smallest absolute Gasteiger partial charge is 0.332 e. The van der Waals surface area contributed by atoms with Gasteiger partial charge in [-0.1, -0.05) is 23.7 Å². The molecule has 0 aromatic heterocycles. The van der Waals surface area contributed by atoms with Gasteiger partial charge < -0.3 is 9.84 Å². The van der Waals surface area contributed by atoms with Gasteiger partial charge >= 0.3 is 5.97 Å². The van der Waals surface area contributed by atoms with Gasteiger partial charge in [0.05, 0.1) is 18.4 Å². The molecule has 0 saturated carbocycles. The van der Waals surface area contributed by atoms with Gasteiger partial charge in [-0.25, -0.2) is 9.18 Å². The number of benzene rings is 2. The Morgan fingerprint density at radius 3 is 2.75 bits per heavy atom. The van der Waals surface area contributed by atoms with Gasteiger partial charge in [0.2, 0.25) is 0 Å². The van der Waals surface area contributed by atoms with E-state index in [0.29, 0.717) is 28.4 Å². The Morgan fingerprint density at radius 2 is 2.07 bits per heavy atom. The van der Waals surface area contributed by atoms with Crippen LogP contribution in [0, 0.1) is 5.82 Å². The van der Waals surface area contributed by atoms with E-state index in [2.05, 4.69) is 5.10 Å². The summed E-state index contributed by atoms with van der Waals surface area (Å²) >= 11 is 6.12. The van der Waals surface area contributed by atoms with Crippen molar-refractivity contribution in [3.05, 3.63) is 76.2 Å². The number of nitrogens with zero attached hydrogens (tertiary/aromatic N) is 2. The topological polar surface area (TPSA) is 62.1 Å². The van der Waals surface area contributed by atoms with Crippen LogP contribution in [0.1, 0.15) is 37.4 Å². The number of hydrogen-bond acceptors (Lipinski definition) is 5. The molecular weight excluding hydrogens is 383 g/mol. The molecule has 1 aliphatic heterocycles. The number of hydrogen-bond donors (Lipinski definition) is 1. The van der Waals surface area contributed by atoms with Crippen LogP contribution in [0.25, 0.3) is 0 Å². The number of halogens is 2. The van der Waals surface area contributed by atoms with E-state index < -0.39 is 5.97 Å². The third-order valence-corrected chi connectivity index (χ3v) is 4.65. The Kier molecular flexibility index (Phi) is 5.99.